The first kappa shape index (κ1) is 26.6. The molecule has 0 N–H and O–H groups in total. The zero-order valence-corrected chi connectivity index (χ0v) is 25.7. The van der Waals surface area contributed by atoms with Gasteiger partial charge in [-0.2, -0.15) is 0 Å². The molecule has 0 aliphatic rings. The summed E-state index contributed by atoms with van der Waals surface area (Å²) in [6.45, 7) is 0. The monoisotopic (exact) mass is 614 g/mol. The summed E-state index contributed by atoms with van der Waals surface area (Å²) >= 11 is 0. The Bertz CT molecular complexity index is 2800. The van der Waals surface area contributed by atoms with Crippen LogP contribution in [0.25, 0.3) is 94.4 Å². The summed E-state index contributed by atoms with van der Waals surface area (Å²) in [5.74, 6) is 1.77. The smallest absolute Gasteiger partial charge is 0.167 e. The van der Waals surface area contributed by atoms with E-state index in [9.17, 15) is 0 Å². The van der Waals surface area contributed by atoms with Crippen molar-refractivity contribution in [2.45, 2.75) is 0 Å². The van der Waals surface area contributed by atoms with Gasteiger partial charge in [-0.3, -0.25) is 0 Å². The molecule has 0 aliphatic heterocycles. The Kier molecular flexibility index (Phi) is 5.81. The van der Waals surface area contributed by atoms with Gasteiger partial charge in [-0.15, -0.1) is 0 Å². The van der Waals surface area contributed by atoms with Gasteiger partial charge in [0.15, 0.2) is 17.5 Å². The summed E-state index contributed by atoms with van der Waals surface area (Å²) in [7, 11) is 0. The minimum atomic E-state index is 0.565. The number of benzene rings is 7. The highest BCUT2D eigenvalue weighted by Gasteiger charge is 2.19. The fourth-order valence-corrected chi connectivity index (χ4v) is 7.07. The van der Waals surface area contributed by atoms with Gasteiger partial charge in [0.25, 0.3) is 0 Å². The summed E-state index contributed by atoms with van der Waals surface area (Å²) in [6, 6.07) is 54.4. The molecule has 0 fully saturated rings. The van der Waals surface area contributed by atoms with Crippen LogP contribution in [0.1, 0.15) is 0 Å². The summed E-state index contributed by atoms with van der Waals surface area (Å²) < 4.78 is 8.90. The van der Waals surface area contributed by atoms with Gasteiger partial charge in [0.2, 0.25) is 0 Å². The average molecular weight is 615 g/mol. The van der Waals surface area contributed by atoms with Gasteiger partial charge in [0, 0.05) is 38.4 Å². The van der Waals surface area contributed by atoms with Crippen molar-refractivity contribution in [3.63, 3.8) is 0 Å². The lowest BCUT2D eigenvalue weighted by Crippen LogP contribution is -2.01. The molecule has 10 aromatic rings. The lowest BCUT2D eigenvalue weighted by molar-refractivity contribution is 0.670. The van der Waals surface area contributed by atoms with Crippen LogP contribution in [0.3, 0.4) is 0 Å². The highest BCUT2D eigenvalue weighted by molar-refractivity contribution is 6.20. The lowest BCUT2D eigenvalue weighted by Gasteiger charge is -2.11. The standard InChI is InChI=1S/C43H26N4O/c1-2-13-28(14-3-1)41-44-42(29-15-10-16-30(26-29)47-36-22-8-6-18-32(36)33-19-7-9-23-37(33)47)46-43(45-41)35-21-11-20-34-39-31-17-5-4-12-27(31)24-25-38(39)48-40(34)35/h1-26H. The zero-order chi connectivity index (χ0) is 31.6. The fourth-order valence-electron chi connectivity index (χ4n) is 7.07. The fraction of sp³-hybridized carbons (Fsp3) is 0. The van der Waals surface area contributed by atoms with Gasteiger partial charge in [0.1, 0.15) is 11.2 Å². The van der Waals surface area contributed by atoms with Gasteiger partial charge >= 0.3 is 0 Å². The second kappa shape index (κ2) is 10.5. The Morgan fingerprint density at radius 3 is 1.83 bits per heavy atom. The maximum absolute atomic E-state index is 6.58. The Labute approximate surface area is 275 Å². The van der Waals surface area contributed by atoms with E-state index in [1.807, 2.05) is 36.4 Å². The number of hydrogen-bond donors (Lipinski definition) is 0. The van der Waals surface area contributed by atoms with Crippen LogP contribution in [-0.4, -0.2) is 19.5 Å². The first-order valence-electron chi connectivity index (χ1n) is 16.0. The van der Waals surface area contributed by atoms with Crippen molar-refractivity contribution in [1.29, 1.82) is 0 Å². The number of para-hydroxylation sites is 3. The molecule has 5 nitrogen and oxygen atoms in total. The minimum absolute atomic E-state index is 0.565. The molecule has 0 atom stereocenters. The Hall–Kier alpha value is -6.59. The quantitative estimate of drug-likeness (QED) is 0.198. The van der Waals surface area contributed by atoms with Crippen LogP contribution in [0.5, 0.6) is 0 Å². The summed E-state index contributed by atoms with van der Waals surface area (Å²) in [5.41, 5.74) is 7.60. The molecule has 0 aliphatic carbocycles. The predicted octanol–water partition coefficient (Wildman–Crippen LogP) is 11.0. The first-order valence-corrected chi connectivity index (χ1v) is 16.0. The van der Waals surface area contributed by atoms with E-state index in [-0.39, 0.29) is 0 Å². The third kappa shape index (κ3) is 4.08. The number of furan rings is 1. The predicted molar refractivity (Wildman–Crippen MR) is 195 cm³/mol. The number of aromatic nitrogens is 4. The second-order valence-corrected chi connectivity index (χ2v) is 12.0. The molecule has 0 bridgehead atoms. The van der Waals surface area contributed by atoms with Crippen LogP contribution >= 0.6 is 0 Å². The number of fused-ring (bicyclic) bond motifs is 8. The Morgan fingerprint density at radius 2 is 1.04 bits per heavy atom. The molecular weight excluding hydrogens is 589 g/mol. The third-order valence-corrected chi connectivity index (χ3v) is 9.24. The van der Waals surface area contributed by atoms with Crippen LogP contribution in [0.15, 0.2) is 162 Å². The minimum Gasteiger partial charge on any atom is -0.455 e. The molecule has 48 heavy (non-hydrogen) atoms. The first-order chi connectivity index (χ1) is 23.8. The van der Waals surface area contributed by atoms with Crippen LogP contribution in [0.4, 0.5) is 0 Å². The second-order valence-electron chi connectivity index (χ2n) is 12.0. The van der Waals surface area contributed by atoms with E-state index in [1.54, 1.807) is 0 Å². The number of nitrogens with zero attached hydrogens (tertiary/aromatic N) is 4. The normalized spacial score (nSPS) is 11.8. The van der Waals surface area contributed by atoms with Crippen molar-refractivity contribution in [2.24, 2.45) is 0 Å². The summed E-state index contributed by atoms with van der Waals surface area (Å²) in [4.78, 5) is 15.2. The molecule has 7 aromatic carbocycles. The molecule has 0 saturated carbocycles. The van der Waals surface area contributed by atoms with E-state index < -0.39 is 0 Å². The maximum atomic E-state index is 6.58. The molecule has 0 amide bonds. The van der Waals surface area contributed by atoms with Gasteiger partial charge in [-0.1, -0.05) is 121 Å². The molecule has 0 radical (unpaired) electrons. The van der Waals surface area contributed by atoms with E-state index >= 15 is 0 Å². The van der Waals surface area contributed by atoms with E-state index in [0.717, 1.165) is 60.7 Å². The van der Waals surface area contributed by atoms with E-state index in [2.05, 4.69) is 126 Å². The van der Waals surface area contributed by atoms with Crippen LogP contribution in [-0.2, 0) is 0 Å². The van der Waals surface area contributed by atoms with Crippen LogP contribution < -0.4 is 0 Å². The van der Waals surface area contributed by atoms with Crippen molar-refractivity contribution in [3.05, 3.63) is 158 Å². The van der Waals surface area contributed by atoms with Crippen molar-refractivity contribution in [1.82, 2.24) is 19.5 Å². The Balaban J connectivity index is 1.20. The van der Waals surface area contributed by atoms with Crippen LogP contribution in [0, 0.1) is 0 Å². The summed E-state index contributed by atoms with van der Waals surface area (Å²) in [6.07, 6.45) is 0. The molecule has 0 unspecified atom stereocenters. The number of hydrogen-bond acceptors (Lipinski definition) is 4. The third-order valence-electron chi connectivity index (χ3n) is 9.24. The largest absolute Gasteiger partial charge is 0.455 e. The molecule has 3 heterocycles. The van der Waals surface area contributed by atoms with E-state index in [0.29, 0.717) is 17.5 Å². The van der Waals surface area contributed by atoms with Gasteiger partial charge < -0.3 is 8.98 Å². The zero-order valence-electron chi connectivity index (χ0n) is 25.7. The highest BCUT2D eigenvalue weighted by atomic mass is 16.3. The average Bonchev–Trinajstić information content (AvgIpc) is 3.71. The lowest BCUT2D eigenvalue weighted by atomic mass is 10.0. The van der Waals surface area contributed by atoms with Crippen molar-refractivity contribution >= 4 is 54.5 Å². The van der Waals surface area contributed by atoms with Crippen LogP contribution in [0.2, 0.25) is 0 Å². The highest BCUT2D eigenvalue weighted by Crippen LogP contribution is 2.39. The molecule has 0 saturated heterocycles. The Morgan fingerprint density at radius 1 is 0.438 bits per heavy atom. The van der Waals surface area contributed by atoms with E-state index in [1.165, 1.54) is 16.2 Å². The number of rotatable bonds is 4. The topological polar surface area (TPSA) is 56.7 Å². The van der Waals surface area contributed by atoms with Crippen molar-refractivity contribution in [2.75, 3.05) is 0 Å². The van der Waals surface area contributed by atoms with Crippen molar-refractivity contribution < 1.29 is 4.42 Å². The molecular formula is C43H26N4O. The van der Waals surface area contributed by atoms with Gasteiger partial charge in [0.05, 0.1) is 16.6 Å². The van der Waals surface area contributed by atoms with Gasteiger partial charge in [-0.05, 0) is 47.2 Å². The van der Waals surface area contributed by atoms with Crippen molar-refractivity contribution in [3.8, 4) is 39.9 Å². The SMILES string of the molecule is c1ccc(-c2nc(-c3cccc(-n4c5ccccc5c5ccccc54)c3)nc(-c3cccc4c3oc3ccc5ccccc5c34)n2)cc1. The van der Waals surface area contributed by atoms with Gasteiger partial charge in [-0.25, -0.2) is 15.0 Å². The van der Waals surface area contributed by atoms with E-state index in [4.69, 9.17) is 19.4 Å². The maximum Gasteiger partial charge on any atom is 0.167 e. The molecule has 224 valence electrons. The summed E-state index contributed by atoms with van der Waals surface area (Å²) in [5, 5.41) is 6.92. The molecule has 3 aromatic heterocycles. The molecule has 5 heteroatoms. The molecule has 0 spiro atoms. The molecule has 10 rings (SSSR count).